The SMILES string of the molecule is COCCCN1CCOc2ccc(CO[C@H]3CNCC[C@]3(OCC(C)O)c3ccc(COCC(C)COC)cc3)cc21. The number of nitrogens with one attached hydrogen (secondary N) is 1. The molecule has 4 atom stereocenters. The second-order valence-corrected chi connectivity index (χ2v) is 11.6. The molecule has 2 heterocycles. The molecule has 2 unspecified atom stereocenters. The maximum Gasteiger partial charge on any atom is 0.142 e. The first-order chi connectivity index (χ1) is 20.4. The minimum Gasteiger partial charge on any atom is -0.490 e. The summed E-state index contributed by atoms with van der Waals surface area (Å²) >= 11 is 0. The molecule has 9 heteroatoms. The fourth-order valence-corrected chi connectivity index (χ4v) is 5.71. The lowest BCUT2D eigenvalue weighted by atomic mass is 9.81. The molecule has 1 fully saturated rings. The van der Waals surface area contributed by atoms with Crippen molar-refractivity contribution in [1.29, 1.82) is 0 Å². The minimum absolute atomic E-state index is 0.231. The van der Waals surface area contributed by atoms with E-state index in [4.69, 9.17) is 28.4 Å². The summed E-state index contributed by atoms with van der Waals surface area (Å²) in [6, 6.07) is 14.7. The van der Waals surface area contributed by atoms with Gasteiger partial charge in [0, 0.05) is 39.8 Å². The number of piperidine rings is 1. The molecule has 234 valence electrons. The molecule has 42 heavy (non-hydrogen) atoms. The van der Waals surface area contributed by atoms with Crippen molar-refractivity contribution in [2.45, 2.75) is 57.7 Å². The Balaban J connectivity index is 1.47. The standard InChI is InChI=1S/C33H50N2O7/c1-25(20-38-4)21-39-23-27-6-9-29(10-7-27)33(42-22-26(2)36)12-13-34-19-32(33)41-24-28-8-11-31-30(18-28)35(15-17-40-31)14-5-16-37-3/h6-11,18,25-26,32,34,36H,5,12-17,19-24H2,1-4H3/t25?,26?,32-,33-/m0/s1. The molecule has 0 saturated carbocycles. The Kier molecular flexibility index (Phi) is 12.9. The van der Waals surface area contributed by atoms with Crippen molar-refractivity contribution in [3.63, 3.8) is 0 Å². The molecule has 2 aromatic carbocycles. The monoisotopic (exact) mass is 586 g/mol. The van der Waals surface area contributed by atoms with E-state index in [1.165, 1.54) is 0 Å². The number of nitrogens with zero attached hydrogens (tertiary/aromatic N) is 1. The highest BCUT2D eigenvalue weighted by Crippen LogP contribution is 2.38. The summed E-state index contributed by atoms with van der Waals surface area (Å²) in [4.78, 5) is 2.36. The number of anilines is 1. The number of benzene rings is 2. The number of hydrogen-bond donors (Lipinski definition) is 2. The largest absolute Gasteiger partial charge is 0.490 e. The Morgan fingerprint density at radius 3 is 2.60 bits per heavy atom. The Bertz CT molecular complexity index is 1070. The van der Waals surface area contributed by atoms with Crippen LogP contribution in [0.15, 0.2) is 42.5 Å². The highest BCUT2D eigenvalue weighted by molar-refractivity contribution is 5.61. The first kappa shape index (κ1) is 32.7. The van der Waals surface area contributed by atoms with E-state index < -0.39 is 11.7 Å². The maximum absolute atomic E-state index is 10.1. The number of fused-ring (bicyclic) bond motifs is 1. The van der Waals surface area contributed by atoms with Crippen LogP contribution in [0.25, 0.3) is 0 Å². The average Bonchev–Trinajstić information content (AvgIpc) is 3.00. The van der Waals surface area contributed by atoms with Crippen molar-refractivity contribution in [3.8, 4) is 5.75 Å². The number of hydrogen-bond acceptors (Lipinski definition) is 9. The molecular weight excluding hydrogens is 536 g/mol. The predicted molar refractivity (Wildman–Crippen MR) is 163 cm³/mol. The third-order valence-corrected chi connectivity index (χ3v) is 7.88. The number of rotatable bonds is 17. The van der Waals surface area contributed by atoms with Crippen LogP contribution in [0.1, 0.15) is 43.4 Å². The minimum atomic E-state index is -0.682. The van der Waals surface area contributed by atoms with Crippen LogP contribution in [0.2, 0.25) is 0 Å². The van der Waals surface area contributed by atoms with Crippen molar-refractivity contribution in [2.75, 3.05) is 78.3 Å². The van der Waals surface area contributed by atoms with Crippen LogP contribution in [-0.4, -0.2) is 90.7 Å². The van der Waals surface area contributed by atoms with Gasteiger partial charge in [-0.05, 0) is 55.1 Å². The molecule has 2 aliphatic heterocycles. The van der Waals surface area contributed by atoms with E-state index in [2.05, 4.69) is 53.5 Å². The lowest BCUT2D eigenvalue weighted by Crippen LogP contribution is -2.55. The van der Waals surface area contributed by atoms with Gasteiger partial charge in [0.2, 0.25) is 0 Å². The molecule has 0 aliphatic carbocycles. The van der Waals surface area contributed by atoms with E-state index >= 15 is 0 Å². The summed E-state index contributed by atoms with van der Waals surface area (Å²) in [7, 11) is 3.45. The van der Waals surface area contributed by atoms with Crippen molar-refractivity contribution < 1.29 is 33.5 Å². The molecule has 9 nitrogen and oxygen atoms in total. The second kappa shape index (κ2) is 16.6. The summed E-state index contributed by atoms with van der Waals surface area (Å²) in [5.74, 6) is 1.26. The average molecular weight is 587 g/mol. The number of aliphatic hydroxyl groups is 1. The van der Waals surface area contributed by atoms with Crippen LogP contribution in [0.5, 0.6) is 5.75 Å². The first-order valence-electron chi connectivity index (χ1n) is 15.2. The summed E-state index contributed by atoms with van der Waals surface area (Å²) < 4.78 is 35.5. The van der Waals surface area contributed by atoms with E-state index in [-0.39, 0.29) is 12.7 Å². The zero-order chi connectivity index (χ0) is 29.8. The van der Waals surface area contributed by atoms with Gasteiger partial charge in [0.1, 0.15) is 24.1 Å². The molecule has 2 aromatic rings. The molecule has 0 radical (unpaired) electrons. The second-order valence-electron chi connectivity index (χ2n) is 11.6. The van der Waals surface area contributed by atoms with E-state index in [0.29, 0.717) is 45.5 Å². The van der Waals surface area contributed by atoms with Crippen molar-refractivity contribution in [1.82, 2.24) is 5.32 Å². The fourth-order valence-electron chi connectivity index (χ4n) is 5.71. The van der Waals surface area contributed by atoms with Crippen LogP contribution < -0.4 is 15.0 Å². The molecule has 2 N–H and O–H groups in total. The first-order valence-corrected chi connectivity index (χ1v) is 15.2. The molecule has 1 saturated heterocycles. The van der Waals surface area contributed by atoms with Crippen LogP contribution in [0, 0.1) is 5.92 Å². The molecule has 2 aliphatic rings. The Hall–Kier alpha value is -2.24. The summed E-state index contributed by atoms with van der Waals surface area (Å²) in [5, 5.41) is 13.6. The van der Waals surface area contributed by atoms with Crippen molar-refractivity contribution in [3.05, 3.63) is 59.2 Å². The topological polar surface area (TPSA) is 90.9 Å². The summed E-state index contributed by atoms with van der Waals surface area (Å²) in [6.45, 7) is 11.1. The summed E-state index contributed by atoms with van der Waals surface area (Å²) in [6.07, 6.45) is 0.877. The zero-order valence-electron chi connectivity index (χ0n) is 25.8. The number of ether oxygens (including phenoxy) is 6. The smallest absolute Gasteiger partial charge is 0.142 e. The number of aliphatic hydroxyl groups excluding tert-OH is 1. The molecular formula is C33H50N2O7. The lowest BCUT2D eigenvalue weighted by molar-refractivity contribution is -0.180. The van der Waals surface area contributed by atoms with E-state index in [0.717, 1.165) is 67.2 Å². The van der Waals surface area contributed by atoms with Crippen molar-refractivity contribution in [2.24, 2.45) is 5.92 Å². The van der Waals surface area contributed by atoms with Gasteiger partial charge in [0.05, 0.1) is 51.4 Å². The van der Waals surface area contributed by atoms with Gasteiger partial charge >= 0.3 is 0 Å². The fraction of sp³-hybridized carbons (Fsp3) is 0.636. The van der Waals surface area contributed by atoms with Crippen LogP contribution >= 0.6 is 0 Å². The maximum atomic E-state index is 10.1. The number of methoxy groups -OCH3 is 2. The summed E-state index contributed by atoms with van der Waals surface area (Å²) in [5.41, 5.74) is 3.66. The van der Waals surface area contributed by atoms with Gasteiger partial charge in [-0.2, -0.15) is 0 Å². The molecule has 0 spiro atoms. The van der Waals surface area contributed by atoms with Crippen LogP contribution in [0.4, 0.5) is 5.69 Å². The van der Waals surface area contributed by atoms with Gasteiger partial charge in [-0.25, -0.2) is 0 Å². The Morgan fingerprint density at radius 2 is 1.83 bits per heavy atom. The predicted octanol–water partition coefficient (Wildman–Crippen LogP) is 3.89. The molecule has 0 amide bonds. The van der Waals surface area contributed by atoms with Gasteiger partial charge < -0.3 is 43.7 Å². The molecule has 0 bridgehead atoms. The van der Waals surface area contributed by atoms with Crippen LogP contribution in [-0.2, 0) is 42.5 Å². The van der Waals surface area contributed by atoms with Gasteiger partial charge in [-0.1, -0.05) is 37.3 Å². The van der Waals surface area contributed by atoms with Gasteiger partial charge in [0.25, 0.3) is 0 Å². The third kappa shape index (κ3) is 8.89. The molecule has 4 rings (SSSR count). The highest BCUT2D eigenvalue weighted by Gasteiger charge is 2.44. The van der Waals surface area contributed by atoms with Gasteiger partial charge in [-0.15, -0.1) is 0 Å². The zero-order valence-corrected chi connectivity index (χ0v) is 25.8. The van der Waals surface area contributed by atoms with Gasteiger partial charge in [0.15, 0.2) is 0 Å². The highest BCUT2D eigenvalue weighted by atomic mass is 16.6. The Labute approximate surface area is 251 Å². The van der Waals surface area contributed by atoms with E-state index in [1.54, 1.807) is 21.1 Å². The quantitative estimate of drug-likeness (QED) is 0.268. The Morgan fingerprint density at radius 1 is 1.02 bits per heavy atom. The molecule has 0 aromatic heterocycles. The van der Waals surface area contributed by atoms with E-state index in [1.807, 2.05) is 6.07 Å². The van der Waals surface area contributed by atoms with E-state index in [9.17, 15) is 5.11 Å². The van der Waals surface area contributed by atoms with Crippen LogP contribution in [0.3, 0.4) is 0 Å². The van der Waals surface area contributed by atoms with Crippen molar-refractivity contribution >= 4 is 5.69 Å². The third-order valence-electron chi connectivity index (χ3n) is 7.88. The van der Waals surface area contributed by atoms with Gasteiger partial charge in [-0.3, -0.25) is 0 Å². The normalized spacial score (nSPS) is 21.9. The lowest BCUT2D eigenvalue weighted by Gasteiger charge is -2.44.